The number of fused-ring (bicyclic) bond motifs is 8. The van der Waals surface area contributed by atoms with E-state index in [4.69, 9.17) is 4.42 Å². The van der Waals surface area contributed by atoms with E-state index in [0.29, 0.717) is 17.8 Å². The fourth-order valence-electron chi connectivity index (χ4n) is 8.61. The normalized spacial score (nSPS) is 13.3. The summed E-state index contributed by atoms with van der Waals surface area (Å²) in [4.78, 5) is 2.63. The Labute approximate surface area is 284 Å². The van der Waals surface area contributed by atoms with Crippen LogP contribution in [0.5, 0.6) is 0 Å². The predicted molar refractivity (Wildman–Crippen MR) is 206 cm³/mol. The number of hydrogen-bond acceptors (Lipinski definition) is 2. The summed E-state index contributed by atoms with van der Waals surface area (Å²) in [6, 6.07) is 43.1. The monoisotopic (exact) mass is 621 g/mol. The first-order valence-corrected chi connectivity index (χ1v) is 17.6. The summed E-state index contributed by atoms with van der Waals surface area (Å²) in [6.07, 6.45) is 0. The number of furan rings is 1. The number of para-hydroxylation sites is 3. The lowest BCUT2D eigenvalue weighted by Gasteiger charge is -2.40. The van der Waals surface area contributed by atoms with Crippen molar-refractivity contribution in [3.05, 3.63) is 132 Å². The van der Waals surface area contributed by atoms with Crippen LogP contribution in [-0.2, 0) is 0 Å². The Morgan fingerprint density at radius 1 is 0.500 bits per heavy atom. The molecule has 0 amide bonds. The van der Waals surface area contributed by atoms with Crippen LogP contribution in [0, 0.1) is 0 Å². The van der Waals surface area contributed by atoms with E-state index < -0.39 is 0 Å². The lowest BCUT2D eigenvalue weighted by molar-refractivity contribution is 0.669. The maximum absolute atomic E-state index is 6.24. The zero-order chi connectivity index (χ0) is 32.8. The first-order valence-electron chi connectivity index (χ1n) is 17.6. The minimum atomic E-state index is 0.189. The third-order valence-electron chi connectivity index (χ3n) is 10.8. The first kappa shape index (κ1) is 29.1. The maximum atomic E-state index is 6.24. The lowest BCUT2D eigenvalue weighted by atomic mass is 9.36. The number of hydrogen-bond donors (Lipinski definition) is 0. The molecule has 0 bridgehead atoms. The van der Waals surface area contributed by atoms with Crippen LogP contribution in [0.3, 0.4) is 0 Å². The molecule has 0 N–H and O–H groups in total. The average Bonchev–Trinajstić information content (AvgIpc) is 3.64. The molecule has 3 heteroatoms. The molecule has 7 aromatic rings. The van der Waals surface area contributed by atoms with Gasteiger partial charge in [0.15, 0.2) is 0 Å². The molecule has 0 unspecified atom stereocenters. The lowest BCUT2D eigenvalue weighted by Crippen LogP contribution is -2.56. The minimum absolute atomic E-state index is 0.189. The number of rotatable bonds is 5. The molecule has 9 rings (SSSR count). The summed E-state index contributed by atoms with van der Waals surface area (Å²) >= 11 is 0. The van der Waals surface area contributed by atoms with Crippen molar-refractivity contribution in [2.45, 2.75) is 59.3 Å². The number of nitrogens with zero attached hydrogens (tertiary/aromatic N) is 1. The molecule has 0 atom stereocenters. The van der Waals surface area contributed by atoms with E-state index in [1.165, 1.54) is 72.4 Å². The third kappa shape index (κ3) is 4.13. The van der Waals surface area contributed by atoms with Gasteiger partial charge in [0.25, 0.3) is 0 Å². The molecule has 48 heavy (non-hydrogen) atoms. The van der Waals surface area contributed by atoms with Crippen molar-refractivity contribution in [2.75, 3.05) is 4.90 Å². The topological polar surface area (TPSA) is 16.4 Å². The van der Waals surface area contributed by atoms with E-state index in [0.717, 1.165) is 21.9 Å². The van der Waals surface area contributed by atoms with Gasteiger partial charge in [0.2, 0.25) is 6.71 Å². The van der Waals surface area contributed by atoms with Gasteiger partial charge in [-0.25, -0.2) is 0 Å². The van der Waals surface area contributed by atoms with Crippen LogP contribution < -0.4 is 21.3 Å². The van der Waals surface area contributed by atoms with Gasteiger partial charge in [0.1, 0.15) is 11.2 Å². The Morgan fingerprint density at radius 2 is 1.19 bits per heavy atom. The molecular formula is C45H40BNO. The molecule has 2 aliphatic rings. The summed E-state index contributed by atoms with van der Waals surface area (Å²) in [7, 11) is 0. The van der Waals surface area contributed by atoms with Crippen LogP contribution >= 0.6 is 0 Å². The molecule has 2 nitrogen and oxygen atoms in total. The zero-order valence-electron chi connectivity index (χ0n) is 28.6. The minimum Gasteiger partial charge on any atom is -0.456 e. The average molecular weight is 622 g/mol. The second-order valence-electron chi connectivity index (χ2n) is 14.7. The molecule has 0 fully saturated rings. The van der Waals surface area contributed by atoms with Gasteiger partial charge in [-0.15, -0.1) is 0 Å². The van der Waals surface area contributed by atoms with E-state index in [9.17, 15) is 0 Å². The molecule has 3 heterocycles. The molecule has 0 saturated heterocycles. The van der Waals surface area contributed by atoms with E-state index >= 15 is 0 Å². The molecule has 234 valence electrons. The van der Waals surface area contributed by atoms with E-state index in [1.54, 1.807) is 0 Å². The van der Waals surface area contributed by atoms with Gasteiger partial charge in [0.05, 0.1) is 0 Å². The fourth-order valence-corrected chi connectivity index (χ4v) is 8.61. The Balaban J connectivity index is 1.41. The van der Waals surface area contributed by atoms with Crippen LogP contribution in [-0.4, -0.2) is 6.71 Å². The number of benzene rings is 6. The van der Waals surface area contributed by atoms with Crippen molar-refractivity contribution in [3.8, 4) is 22.3 Å². The van der Waals surface area contributed by atoms with Crippen LogP contribution in [0.4, 0.5) is 17.1 Å². The van der Waals surface area contributed by atoms with Crippen LogP contribution in [0.15, 0.2) is 120 Å². The second-order valence-corrected chi connectivity index (χ2v) is 14.7. The molecule has 0 saturated carbocycles. The van der Waals surface area contributed by atoms with Crippen molar-refractivity contribution in [1.82, 2.24) is 0 Å². The molecule has 0 radical (unpaired) electrons. The Bertz CT molecular complexity index is 2410. The number of anilines is 3. The summed E-state index contributed by atoms with van der Waals surface area (Å²) in [5, 5.41) is 2.32. The van der Waals surface area contributed by atoms with Crippen molar-refractivity contribution in [3.63, 3.8) is 0 Å². The summed E-state index contributed by atoms with van der Waals surface area (Å²) < 4.78 is 6.24. The summed E-state index contributed by atoms with van der Waals surface area (Å²) in [6.45, 7) is 14.2. The van der Waals surface area contributed by atoms with Crippen molar-refractivity contribution >= 4 is 62.1 Å². The van der Waals surface area contributed by atoms with Gasteiger partial charge in [-0.05, 0) is 104 Å². The zero-order valence-corrected chi connectivity index (χ0v) is 28.6. The van der Waals surface area contributed by atoms with Gasteiger partial charge >= 0.3 is 0 Å². The predicted octanol–water partition coefficient (Wildman–Crippen LogP) is 10.9. The van der Waals surface area contributed by atoms with Gasteiger partial charge in [0, 0.05) is 27.8 Å². The van der Waals surface area contributed by atoms with Gasteiger partial charge in [-0.3, -0.25) is 0 Å². The Morgan fingerprint density at radius 3 is 2.00 bits per heavy atom. The van der Waals surface area contributed by atoms with Crippen LogP contribution in [0.1, 0.15) is 76.0 Å². The van der Waals surface area contributed by atoms with Gasteiger partial charge in [-0.1, -0.05) is 126 Å². The van der Waals surface area contributed by atoms with Crippen molar-refractivity contribution in [1.29, 1.82) is 0 Å². The largest absolute Gasteiger partial charge is 0.456 e. The quantitative estimate of drug-likeness (QED) is 0.178. The summed E-state index contributed by atoms with van der Waals surface area (Å²) in [5.41, 5.74) is 19.5. The third-order valence-corrected chi connectivity index (χ3v) is 10.8. The Kier molecular flexibility index (Phi) is 6.53. The first-order chi connectivity index (χ1) is 23.3. The highest BCUT2D eigenvalue weighted by molar-refractivity contribution is 7.01. The standard InChI is InChI=1S/C45H40BNO/c1-26(2)31-13-7-9-19-39(31)47-40-25-30(29-21-22-42-36(23-29)34-14-8-10-20-41(34)48-42)24-37-35-17-11-15-32(27(3)4)43(35)46(44(37)40)38-18-12-16-33(28(5)6)45(38)47/h7-28H,1-6H3. The van der Waals surface area contributed by atoms with Crippen LogP contribution in [0.25, 0.3) is 44.2 Å². The molecule has 2 aliphatic heterocycles. The van der Waals surface area contributed by atoms with Crippen LogP contribution in [0.2, 0.25) is 0 Å². The smallest absolute Gasteiger partial charge is 0.248 e. The highest BCUT2D eigenvalue weighted by Crippen LogP contribution is 2.47. The van der Waals surface area contributed by atoms with E-state index in [1.807, 2.05) is 6.07 Å². The fraction of sp³-hybridized carbons (Fsp3) is 0.200. The SMILES string of the molecule is CC(C)c1ccccc1N1c2cc(-c3ccc4oc5ccccc5c4c3)cc3c2B(c2cccc(C(C)C)c21)c1c-3cccc1C(C)C. The molecule has 1 aromatic heterocycles. The molecule has 0 spiro atoms. The molecular weight excluding hydrogens is 581 g/mol. The van der Waals surface area contributed by atoms with Crippen molar-refractivity contribution in [2.24, 2.45) is 0 Å². The highest BCUT2D eigenvalue weighted by atomic mass is 16.3. The highest BCUT2D eigenvalue weighted by Gasteiger charge is 2.45. The second kappa shape index (κ2) is 10.8. The van der Waals surface area contributed by atoms with Crippen molar-refractivity contribution < 1.29 is 4.42 Å². The molecule has 0 aliphatic carbocycles. The van der Waals surface area contributed by atoms with Gasteiger partial charge < -0.3 is 9.32 Å². The maximum Gasteiger partial charge on any atom is 0.248 e. The molecule has 6 aromatic carbocycles. The Hall–Kier alpha value is -5.02. The van der Waals surface area contributed by atoms with E-state index in [2.05, 4.69) is 156 Å². The van der Waals surface area contributed by atoms with E-state index in [-0.39, 0.29) is 6.71 Å². The summed E-state index contributed by atoms with van der Waals surface area (Å²) in [5.74, 6) is 1.17. The van der Waals surface area contributed by atoms with Gasteiger partial charge in [-0.2, -0.15) is 0 Å².